The molecular weight excluding hydrogens is 230 g/mol. The fourth-order valence-electron chi connectivity index (χ4n) is 1.59. The Hall–Kier alpha value is -2.40. The Labute approximate surface area is 104 Å². The van der Waals surface area contributed by atoms with Crippen LogP contribution in [0.1, 0.15) is 0 Å². The zero-order valence-corrected chi connectivity index (χ0v) is 9.54. The van der Waals surface area contributed by atoms with Crippen molar-refractivity contribution in [3.8, 4) is 11.4 Å². The van der Waals surface area contributed by atoms with E-state index in [0.29, 0.717) is 24.1 Å². The van der Waals surface area contributed by atoms with E-state index in [-0.39, 0.29) is 0 Å². The van der Waals surface area contributed by atoms with Crippen molar-refractivity contribution in [1.29, 1.82) is 0 Å². The molecule has 90 valence electrons. The van der Waals surface area contributed by atoms with Gasteiger partial charge in [-0.3, -0.25) is 0 Å². The summed E-state index contributed by atoms with van der Waals surface area (Å²) < 4.78 is 0. The minimum Gasteiger partial charge on any atom is -0.319 e. The minimum absolute atomic E-state index is 0.443. The van der Waals surface area contributed by atoms with Gasteiger partial charge in [0.25, 0.3) is 0 Å². The van der Waals surface area contributed by atoms with Gasteiger partial charge in [-0.25, -0.2) is 9.97 Å². The van der Waals surface area contributed by atoms with Crippen LogP contribution in [0, 0.1) is 0 Å². The van der Waals surface area contributed by atoms with Crippen LogP contribution >= 0.6 is 0 Å². The van der Waals surface area contributed by atoms with E-state index in [4.69, 9.17) is 9.78 Å². The highest BCUT2D eigenvalue weighted by Crippen LogP contribution is 2.17. The van der Waals surface area contributed by atoms with Gasteiger partial charge in [-0.05, 0) is 6.07 Å². The van der Waals surface area contributed by atoms with Gasteiger partial charge >= 0.3 is 0 Å². The third-order valence-electron chi connectivity index (χ3n) is 2.42. The van der Waals surface area contributed by atoms with Crippen LogP contribution in [0.4, 0.5) is 5.82 Å². The van der Waals surface area contributed by atoms with Crippen molar-refractivity contribution >= 4 is 5.82 Å². The Bertz CT molecular complexity index is 569. The third kappa shape index (κ3) is 2.31. The molecule has 0 radical (unpaired) electrons. The molecule has 0 amide bonds. The van der Waals surface area contributed by atoms with E-state index < -0.39 is 0 Å². The van der Waals surface area contributed by atoms with Gasteiger partial charge in [-0.2, -0.15) is 4.89 Å². The van der Waals surface area contributed by atoms with Crippen LogP contribution in [-0.2, 0) is 9.78 Å². The first kappa shape index (κ1) is 10.7. The van der Waals surface area contributed by atoms with Gasteiger partial charge in [0.2, 0.25) is 5.88 Å². The number of hydrogen-bond acceptors (Lipinski definition) is 5. The highest BCUT2D eigenvalue weighted by atomic mass is 17.2. The molecule has 3 rings (SSSR count). The summed E-state index contributed by atoms with van der Waals surface area (Å²) in [6.07, 6.45) is 3.50. The summed E-state index contributed by atoms with van der Waals surface area (Å²) in [5.74, 6) is 1.88. The molecule has 0 atom stereocenters. The van der Waals surface area contributed by atoms with Crippen LogP contribution < -0.4 is 5.32 Å². The average Bonchev–Trinajstić information content (AvgIpc) is 2.93. The summed E-state index contributed by atoms with van der Waals surface area (Å²) >= 11 is 0. The fraction of sp³-hybridized carbons (Fsp3) is 0.0769. The largest absolute Gasteiger partial charge is 0.319 e. The standard InChI is InChI=1S/C13H11N3O2/c1-2-4-10(5-3-1)13-14-8-6-11(16-13)15-12-7-9-17-18-12/h1-8H,9H2,(H,14,15,16). The highest BCUT2D eigenvalue weighted by molar-refractivity contribution is 5.57. The fourth-order valence-corrected chi connectivity index (χ4v) is 1.59. The molecule has 5 heteroatoms. The number of anilines is 1. The summed E-state index contributed by atoms with van der Waals surface area (Å²) in [4.78, 5) is 18.3. The Morgan fingerprint density at radius 2 is 2.00 bits per heavy atom. The second kappa shape index (κ2) is 4.85. The van der Waals surface area contributed by atoms with Gasteiger partial charge in [0.15, 0.2) is 5.82 Å². The maximum atomic E-state index is 4.89. The van der Waals surface area contributed by atoms with Gasteiger partial charge in [0, 0.05) is 17.8 Å². The van der Waals surface area contributed by atoms with Crippen LogP contribution in [0.5, 0.6) is 0 Å². The molecule has 1 aliphatic heterocycles. The van der Waals surface area contributed by atoms with Crippen molar-refractivity contribution in [3.63, 3.8) is 0 Å². The topological polar surface area (TPSA) is 56.3 Å². The highest BCUT2D eigenvalue weighted by Gasteiger charge is 2.08. The zero-order valence-electron chi connectivity index (χ0n) is 9.54. The quantitative estimate of drug-likeness (QED) is 0.836. The van der Waals surface area contributed by atoms with E-state index in [2.05, 4.69) is 15.3 Å². The predicted octanol–water partition coefficient (Wildman–Crippen LogP) is 2.36. The van der Waals surface area contributed by atoms with Crippen molar-refractivity contribution in [2.75, 3.05) is 11.9 Å². The van der Waals surface area contributed by atoms with Crippen molar-refractivity contribution in [3.05, 3.63) is 54.6 Å². The van der Waals surface area contributed by atoms with Crippen LogP contribution in [0.3, 0.4) is 0 Å². The zero-order chi connectivity index (χ0) is 12.2. The van der Waals surface area contributed by atoms with E-state index in [0.717, 1.165) is 5.56 Å². The van der Waals surface area contributed by atoms with Gasteiger partial charge < -0.3 is 10.2 Å². The van der Waals surface area contributed by atoms with Crippen LogP contribution in [0.2, 0.25) is 0 Å². The molecule has 0 fully saturated rings. The van der Waals surface area contributed by atoms with Gasteiger partial charge in [-0.1, -0.05) is 30.3 Å². The number of rotatable bonds is 3. The Kier molecular flexibility index (Phi) is 2.89. The molecule has 0 saturated heterocycles. The number of aromatic nitrogens is 2. The lowest BCUT2D eigenvalue weighted by Gasteiger charge is -2.06. The van der Waals surface area contributed by atoms with Crippen LogP contribution in [0.25, 0.3) is 11.4 Å². The average molecular weight is 241 g/mol. The molecule has 0 saturated carbocycles. The van der Waals surface area contributed by atoms with Crippen LogP contribution in [0.15, 0.2) is 54.6 Å². The minimum atomic E-state index is 0.443. The number of nitrogens with zero attached hydrogens (tertiary/aromatic N) is 2. The second-order valence-electron chi connectivity index (χ2n) is 3.69. The Morgan fingerprint density at radius 1 is 1.11 bits per heavy atom. The SMILES string of the molecule is C1=C(Nc2ccnc(-c3ccccc3)n2)OOC1. The van der Waals surface area contributed by atoms with Crippen LogP contribution in [-0.4, -0.2) is 16.6 Å². The molecule has 1 aromatic carbocycles. The maximum absolute atomic E-state index is 4.89. The summed E-state index contributed by atoms with van der Waals surface area (Å²) in [5.41, 5.74) is 0.971. The van der Waals surface area contributed by atoms with E-state index in [1.54, 1.807) is 18.3 Å². The molecular formula is C13H11N3O2. The molecule has 5 nitrogen and oxygen atoms in total. The number of nitrogens with one attached hydrogen (secondary N) is 1. The molecule has 2 heterocycles. The number of hydrogen-bond donors (Lipinski definition) is 1. The normalized spacial score (nSPS) is 13.9. The summed E-state index contributed by atoms with van der Waals surface area (Å²) in [7, 11) is 0. The van der Waals surface area contributed by atoms with Crippen molar-refractivity contribution in [2.24, 2.45) is 0 Å². The lowest BCUT2D eigenvalue weighted by Crippen LogP contribution is -2.02. The van der Waals surface area contributed by atoms with Crippen molar-refractivity contribution in [1.82, 2.24) is 9.97 Å². The summed E-state index contributed by atoms with van der Waals surface area (Å²) in [6.45, 7) is 0.443. The van der Waals surface area contributed by atoms with Gasteiger partial charge in [-0.15, -0.1) is 0 Å². The Balaban J connectivity index is 1.85. The molecule has 0 aliphatic carbocycles. The van der Waals surface area contributed by atoms with Gasteiger partial charge in [0.05, 0.1) is 0 Å². The molecule has 1 aromatic heterocycles. The first-order valence-electron chi connectivity index (χ1n) is 5.57. The smallest absolute Gasteiger partial charge is 0.234 e. The molecule has 0 unspecified atom stereocenters. The van der Waals surface area contributed by atoms with E-state index in [9.17, 15) is 0 Å². The lowest BCUT2D eigenvalue weighted by atomic mass is 10.2. The van der Waals surface area contributed by atoms with E-state index in [1.165, 1.54) is 0 Å². The van der Waals surface area contributed by atoms with E-state index in [1.807, 2.05) is 30.3 Å². The molecule has 0 bridgehead atoms. The predicted molar refractivity (Wildman–Crippen MR) is 66.2 cm³/mol. The van der Waals surface area contributed by atoms with Crippen molar-refractivity contribution < 1.29 is 9.78 Å². The molecule has 2 aromatic rings. The monoisotopic (exact) mass is 241 g/mol. The summed E-state index contributed by atoms with van der Waals surface area (Å²) in [5, 5.41) is 3.01. The third-order valence-corrected chi connectivity index (χ3v) is 2.42. The molecule has 1 N–H and O–H groups in total. The second-order valence-corrected chi connectivity index (χ2v) is 3.69. The summed E-state index contributed by atoms with van der Waals surface area (Å²) in [6, 6.07) is 11.6. The maximum Gasteiger partial charge on any atom is 0.234 e. The number of benzene rings is 1. The first-order chi connectivity index (χ1) is 8.92. The lowest BCUT2D eigenvalue weighted by molar-refractivity contribution is -0.232. The van der Waals surface area contributed by atoms with E-state index >= 15 is 0 Å². The molecule has 18 heavy (non-hydrogen) atoms. The molecule has 0 spiro atoms. The van der Waals surface area contributed by atoms with Crippen molar-refractivity contribution in [2.45, 2.75) is 0 Å². The van der Waals surface area contributed by atoms with Gasteiger partial charge in [0.1, 0.15) is 12.4 Å². The molecule has 1 aliphatic rings. The first-order valence-corrected chi connectivity index (χ1v) is 5.57. The Morgan fingerprint density at radius 3 is 2.78 bits per heavy atom.